The number of carbonyl (C=O) groups is 1. The van der Waals surface area contributed by atoms with Gasteiger partial charge in [-0.2, -0.15) is 0 Å². The zero-order valence-electron chi connectivity index (χ0n) is 9.64. The highest BCUT2D eigenvalue weighted by molar-refractivity contribution is 7.99. The Morgan fingerprint density at radius 3 is 2.94 bits per heavy atom. The average Bonchev–Trinajstić information content (AvgIpc) is 2.64. The van der Waals surface area contributed by atoms with Crippen molar-refractivity contribution in [3.8, 4) is 0 Å². The second-order valence-electron chi connectivity index (χ2n) is 3.53. The maximum absolute atomic E-state index is 11.1. The second-order valence-corrected chi connectivity index (χ2v) is 5.52. The Hall–Kier alpha value is -1.60. The molecule has 0 atom stereocenters. The number of thioether (sulfide) groups is 1. The number of anilines is 1. The summed E-state index contributed by atoms with van der Waals surface area (Å²) in [4.78, 5) is 20.4. The van der Waals surface area contributed by atoms with Gasteiger partial charge in [-0.3, -0.25) is 0 Å². The third kappa shape index (κ3) is 2.19. The van der Waals surface area contributed by atoms with Gasteiger partial charge in [0, 0.05) is 5.75 Å². The summed E-state index contributed by atoms with van der Waals surface area (Å²) in [6.07, 6.45) is 1.75. The smallest absolute Gasteiger partial charge is 0.346 e. The van der Waals surface area contributed by atoms with Crippen LogP contribution in [0.1, 0.15) is 15.2 Å². The monoisotopic (exact) mass is 281 g/mol. The van der Waals surface area contributed by atoms with E-state index in [0.29, 0.717) is 32.5 Å². The summed E-state index contributed by atoms with van der Waals surface area (Å²) in [6, 6.07) is 0. The van der Waals surface area contributed by atoms with Gasteiger partial charge in [0.05, 0.1) is 5.39 Å². The van der Waals surface area contributed by atoms with Crippen LogP contribution in [0.2, 0.25) is 0 Å². The molecule has 2 heterocycles. The number of rotatable bonds is 4. The number of thiophene rings is 1. The number of fused-ring (bicyclic) bond motifs is 1. The van der Waals surface area contributed by atoms with Crippen LogP contribution in [0.3, 0.4) is 0 Å². The van der Waals surface area contributed by atoms with Gasteiger partial charge in [-0.25, -0.2) is 14.8 Å². The number of hydrogen-bond acceptors (Lipinski definition) is 6. The van der Waals surface area contributed by atoms with Crippen molar-refractivity contribution in [3.05, 3.63) is 23.1 Å². The van der Waals surface area contributed by atoms with E-state index in [1.54, 1.807) is 13.0 Å². The van der Waals surface area contributed by atoms with Crippen LogP contribution in [0.4, 0.5) is 5.82 Å². The van der Waals surface area contributed by atoms with Crippen molar-refractivity contribution in [1.29, 1.82) is 0 Å². The zero-order valence-corrected chi connectivity index (χ0v) is 11.3. The van der Waals surface area contributed by atoms with Crippen LogP contribution >= 0.6 is 23.1 Å². The molecule has 0 aromatic carbocycles. The fraction of sp³-hybridized carbons (Fsp3) is 0.182. The molecule has 0 bridgehead atoms. The van der Waals surface area contributed by atoms with Gasteiger partial charge in [0.1, 0.15) is 15.5 Å². The lowest BCUT2D eigenvalue weighted by molar-refractivity contribution is 0.0701. The van der Waals surface area contributed by atoms with Gasteiger partial charge in [0.2, 0.25) is 0 Å². The van der Waals surface area contributed by atoms with Crippen LogP contribution in [-0.2, 0) is 0 Å². The Balaban J connectivity index is 2.59. The average molecular weight is 281 g/mol. The first-order valence-corrected chi connectivity index (χ1v) is 6.88. The van der Waals surface area contributed by atoms with E-state index in [9.17, 15) is 4.79 Å². The van der Waals surface area contributed by atoms with E-state index < -0.39 is 5.97 Å². The number of aromatic carboxylic acids is 1. The van der Waals surface area contributed by atoms with Crippen molar-refractivity contribution in [2.45, 2.75) is 12.1 Å². The normalized spacial score (nSPS) is 10.7. The molecule has 0 fully saturated rings. The summed E-state index contributed by atoms with van der Waals surface area (Å²) < 4.78 is 0. The first kappa shape index (κ1) is 12.8. The van der Waals surface area contributed by atoms with Crippen molar-refractivity contribution in [2.75, 3.05) is 11.5 Å². The van der Waals surface area contributed by atoms with Crippen molar-refractivity contribution < 1.29 is 9.90 Å². The van der Waals surface area contributed by atoms with Crippen molar-refractivity contribution in [3.63, 3.8) is 0 Å². The summed E-state index contributed by atoms with van der Waals surface area (Å²) in [5, 5.41) is 10.3. The minimum absolute atomic E-state index is 0.261. The molecule has 3 N–H and O–H groups in total. The number of nitrogen functional groups attached to an aromatic ring is 1. The maximum Gasteiger partial charge on any atom is 0.346 e. The van der Waals surface area contributed by atoms with Gasteiger partial charge in [0.15, 0.2) is 5.16 Å². The first-order valence-electron chi connectivity index (χ1n) is 5.08. The summed E-state index contributed by atoms with van der Waals surface area (Å²) in [6.45, 7) is 5.34. The van der Waals surface area contributed by atoms with E-state index >= 15 is 0 Å². The Morgan fingerprint density at radius 2 is 2.33 bits per heavy atom. The molecule has 0 amide bonds. The van der Waals surface area contributed by atoms with E-state index in [4.69, 9.17) is 10.8 Å². The minimum Gasteiger partial charge on any atom is -0.477 e. The molecule has 7 heteroatoms. The van der Waals surface area contributed by atoms with E-state index in [1.807, 2.05) is 0 Å². The van der Waals surface area contributed by atoms with Gasteiger partial charge in [0.25, 0.3) is 0 Å². The molecular weight excluding hydrogens is 270 g/mol. The molecule has 0 unspecified atom stereocenters. The summed E-state index contributed by atoms with van der Waals surface area (Å²) in [5.74, 6) is 0.0455. The van der Waals surface area contributed by atoms with Gasteiger partial charge in [-0.15, -0.1) is 17.9 Å². The van der Waals surface area contributed by atoms with Gasteiger partial charge >= 0.3 is 5.97 Å². The molecule has 0 radical (unpaired) electrons. The molecule has 18 heavy (non-hydrogen) atoms. The minimum atomic E-state index is -0.963. The molecule has 0 spiro atoms. The molecule has 0 aliphatic heterocycles. The number of aryl methyl sites for hydroxylation is 1. The van der Waals surface area contributed by atoms with Crippen LogP contribution in [0.15, 0.2) is 17.8 Å². The number of nitrogens with two attached hydrogens (primary N) is 1. The maximum atomic E-state index is 11.1. The summed E-state index contributed by atoms with van der Waals surface area (Å²) in [5.41, 5.74) is 6.49. The number of carboxylic acids is 1. The van der Waals surface area contributed by atoms with Crippen LogP contribution in [0.25, 0.3) is 10.2 Å². The number of aromatic nitrogens is 2. The van der Waals surface area contributed by atoms with Gasteiger partial charge in [-0.1, -0.05) is 17.8 Å². The molecule has 2 aromatic heterocycles. The molecule has 5 nitrogen and oxygen atoms in total. The third-order valence-electron chi connectivity index (χ3n) is 2.32. The second kappa shape index (κ2) is 4.95. The highest BCUT2D eigenvalue weighted by Crippen LogP contribution is 2.33. The van der Waals surface area contributed by atoms with Crippen molar-refractivity contribution >= 4 is 45.1 Å². The fourth-order valence-corrected chi connectivity index (χ4v) is 3.22. The predicted octanol–water partition coefficient (Wildman–Crippen LogP) is 2.56. The van der Waals surface area contributed by atoms with Crippen LogP contribution < -0.4 is 5.73 Å². The highest BCUT2D eigenvalue weighted by atomic mass is 32.2. The molecule has 2 rings (SSSR count). The largest absolute Gasteiger partial charge is 0.477 e. The summed E-state index contributed by atoms with van der Waals surface area (Å²) in [7, 11) is 0. The molecule has 0 saturated heterocycles. The summed E-state index contributed by atoms with van der Waals surface area (Å²) >= 11 is 2.54. The SMILES string of the molecule is C=CCSc1nc(N)c2c(C)c(C(=O)O)sc2n1. The number of carboxylic acid groups (broad SMARTS) is 1. The number of nitrogens with zero attached hydrogens (tertiary/aromatic N) is 2. The molecule has 94 valence electrons. The van der Waals surface area contributed by atoms with Crippen LogP contribution in [0, 0.1) is 6.92 Å². The van der Waals surface area contributed by atoms with E-state index in [2.05, 4.69) is 16.5 Å². The van der Waals surface area contributed by atoms with E-state index in [0.717, 1.165) is 11.3 Å². The lowest BCUT2D eigenvalue weighted by Gasteiger charge is -2.01. The molecule has 0 saturated carbocycles. The standard InChI is InChI=1S/C11H11N3O2S2/c1-3-4-17-11-13-8(12)6-5(2)7(10(15)16)18-9(6)14-11/h3H,1,4H2,2H3,(H,15,16)(H2,12,13,14). The molecule has 0 aliphatic carbocycles. The van der Waals surface area contributed by atoms with Crippen LogP contribution in [-0.4, -0.2) is 26.8 Å². The third-order valence-corrected chi connectivity index (χ3v) is 4.34. The molecular formula is C11H11N3O2S2. The van der Waals surface area contributed by atoms with E-state index in [1.165, 1.54) is 11.8 Å². The Labute approximate surface area is 112 Å². The lowest BCUT2D eigenvalue weighted by Crippen LogP contribution is -1.97. The Morgan fingerprint density at radius 1 is 1.61 bits per heavy atom. The van der Waals surface area contributed by atoms with Crippen molar-refractivity contribution in [1.82, 2.24) is 9.97 Å². The van der Waals surface area contributed by atoms with Crippen LogP contribution in [0.5, 0.6) is 0 Å². The topological polar surface area (TPSA) is 89.1 Å². The molecule has 2 aromatic rings. The fourth-order valence-electron chi connectivity index (χ4n) is 1.55. The highest BCUT2D eigenvalue weighted by Gasteiger charge is 2.18. The van der Waals surface area contributed by atoms with Gasteiger partial charge in [-0.05, 0) is 12.5 Å². The molecule has 0 aliphatic rings. The quantitative estimate of drug-likeness (QED) is 0.508. The van der Waals surface area contributed by atoms with Gasteiger partial charge < -0.3 is 10.8 Å². The lowest BCUT2D eigenvalue weighted by atomic mass is 10.2. The number of hydrogen-bond donors (Lipinski definition) is 2. The van der Waals surface area contributed by atoms with Crippen molar-refractivity contribution in [2.24, 2.45) is 0 Å². The van der Waals surface area contributed by atoms with E-state index in [-0.39, 0.29) is 4.88 Å². The Kier molecular flexibility index (Phi) is 3.53. The Bertz CT molecular complexity index is 637. The predicted molar refractivity (Wildman–Crippen MR) is 74.4 cm³/mol. The first-order chi connectivity index (χ1) is 8.54. The zero-order chi connectivity index (χ0) is 13.3.